The first-order valence-electron chi connectivity index (χ1n) is 10.1. The molecular formula is C21H19F4N5O2S. The van der Waals surface area contributed by atoms with Crippen molar-refractivity contribution in [3.8, 4) is 17.6 Å². The van der Waals surface area contributed by atoms with Crippen LogP contribution in [-0.2, 0) is 10.0 Å². The molecule has 0 atom stereocenters. The second-order valence-corrected chi connectivity index (χ2v) is 9.45. The van der Waals surface area contributed by atoms with Crippen molar-refractivity contribution in [2.24, 2.45) is 0 Å². The number of nitrogens with zero attached hydrogens (tertiary/aromatic N) is 4. The Hall–Kier alpha value is -3.04. The van der Waals surface area contributed by atoms with Crippen LogP contribution in [0, 0.1) is 11.3 Å². The molecular weight excluding hydrogens is 462 g/mol. The predicted octanol–water partition coefficient (Wildman–Crippen LogP) is 4.22. The van der Waals surface area contributed by atoms with Gasteiger partial charge < -0.3 is 4.57 Å². The van der Waals surface area contributed by atoms with Crippen LogP contribution >= 0.6 is 0 Å². The van der Waals surface area contributed by atoms with Gasteiger partial charge in [0.2, 0.25) is 10.0 Å². The summed E-state index contributed by atoms with van der Waals surface area (Å²) in [6.07, 6.45) is 1.78. The summed E-state index contributed by atoms with van der Waals surface area (Å²) in [6, 6.07) is 4.60. The molecule has 2 heterocycles. The van der Waals surface area contributed by atoms with Crippen molar-refractivity contribution in [1.82, 2.24) is 19.3 Å². The zero-order valence-electron chi connectivity index (χ0n) is 17.2. The third kappa shape index (κ3) is 4.18. The van der Waals surface area contributed by atoms with Gasteiger partial charge >= 0.3 is 0 Å². The predicted molar refractivity (Wildman–Crippen MR) is 112 cm³/mol. The summed E-state index contributed by atoms with van der Waals surface area (Å²) in [5, 5.41) is 10.3. The number of benzene rings is 1. The van der Waals surface area contributed by atoms with Crippen molar-refractivity contribution in [2.45, 2.75) is 42.7 Å². The van der Waals surface area contributed by atoms with Gasteiger partial charge in [0.15, 0.2) is 5.82 Å². The number of halogens is 4. The van der Waals surface area contributed by atoms with Gasteiger partial charge in [-0.1, -0.05) is 12.1 Å². The van der Waals surface area contributed by atoms with Crippen LogP contribution in [0.2, 0.25) is 0 Å². The molecule has 0 unspecified atom stereocenters. The summed E-state index contributed by atoms with van der Waals surface area (Å²) in [7, 11) is -4.27. The number of sulfonamides is 1. The minimum Gasteiger partial charge on any atom is -0.334 e. The zero-order chi connectivity index (χ0) is 23.8. The number of hydrogen-bond acceptors (Lipinski definition) is 5. The van der Waals surface area contributed by atoms with E-state index in [0.29, 0.717) is 16.6 Å². The van der Waals surface area contributed by atoms with Gasteiger partial charge in [-0.3, -0.25) is 0 Å². The molecule has 0 saturated heterocycles. The fourth-order valence-corrected chi connectivity index (χ4v) is 4.87. The molecule has 7 nitrogen and oxygen atoms in total. The molecule has 1 N–H and O–H groups in total. The number of aromatic nitrogens is 3. The molecule has 1 aromatic carbocycles. The van der Waals surface area contributed by atoms with Gasteiger partial charge in [0.25, 0.3) is 6.43 Å². The van der Waals surface area contributed by atoms with Crippen molar-refractivity contribution in [2.75, 3.05) is 13.3 Å². The van der Waals surface area contributed by atoms with Gasteiger partial charge in [-0.15, -0.1) is 0 Å². The highest BCUT2D eigenvalue weighted by Gasteiger charge is 2.30. The van der Waals surface area contributed by atoms with Crippen molar-refractivity contribution in [1.29, 1.82) is 5.26 Å². The summed E-state index contributed by atoms with van der Waals surface area (Å²) in [6.45, 7) is -2.44. The first kappa shape index (κ1) is 23.1. The summed E-state index contributed by atoms with van der Waals surface area (Å²) in [4.78, 5) is 7.80. The minimum absolute atomic E-state index is 0.0407. The van der Waals surface area contributed by atoms with E-state index in [9.17, 15) is 31.2 Å². The van der Waals surface area contributed by atoms with E-state index in [1.54, 1.807) is 4.57 Å². The van der Waals surface area contributed by atoms with Crippen molar-refractivity contribution < 1.29 is 26.0 Å². The van der Waals surface area contributed by atoms with E-state index < -0.39 is 40.7 Å². The Morgan fingerprint density at radius 3 is 2.36 bits per heavy atom. The van der Waals surface area contributed by atoms with Crippen molar-refractivity contribution in [3.63, 3.8) is 0 Å². The monoisotopic (exact) mass is 481 g/mol. The van der Waals surface area contributed by atoms with Crippen LogP contribution < -0.4 is 4.72 Å². The number of alkyl halides is 4. The Labute approximate surface area is 187 Å². The Morgan fingerprint density at radius 1 is 1.18 bits per heavy atom. The molecule has 1 aliphatic carbocycles. The first-order valence-corrected chi connectivity index (χ1v) is 11.6. The highest BCUT2D eigenvalue weighted by molar-refractivity contribution is 7.89. The lowest BCUT2D eigenvalue weighted by atomic mass is 9.92. The van der Waals surface area contributed by atoms with Crippen LogP contribution in [0.3, 0.4) is 0 Å². The SMILES string of the molecule is N#Cc1c(-c2ncc(S(=O)(=O)NC(CF)CF)cn2)n(C2CCC2)c2cc(C(F)F)ccc12. The third-order valence-electron chi connectivity index (χ3n) is 5.68. The molecule has 3 aromatic rings. The molecule has 0 bridgehead atoms. The standard InChI is InChI=1S/C21H19F4N5O2S/c22-7-13(8-23)29-33(31,32)15-10-27-21(28-11-15)19-17(9-26)16-5-4-12(20(24)25)6-18(16)30(19)14-2-1-3-14/h4-6,10-11,13-14,20,29H,1-3,7-8H2. The molecule has 33 heavy (non-hydrogen) atoms. The highest BCUT2D eigenvalue weighted by Crippen LogP contribution is 2.42. The molecule has 174 valence electrons. The summed E-state index contributed by atoms with van der Waals surface area (Å²) in [5.41, 5.74) is 0.785. The molecule has 2 aromatic heterocycles. The number of rotatable bonds is 8. The smallest absolute Gasteiger partial charge is 0.263 e. The van der Waals surface area contributed by atoms with Gasteiger partial charge in [-0.25, -0.2) is 40.7 Å². The Kier molecular flexibility index (Phi) is 6.36. The minimum atomic E-state index is -4.27. The van der Waals surface area contributed by atoms with Gasteiger partial charge in [-0.05, 0) is 25.3 Å². The maximum absolute atomic E-state index is 13.3. The average Bonchev–Trinajstić information content (AvgIpc) is 3.09. The quantitative estimate of drug-likeness (QED) is 0.486. The van der Waals surface area contributed by atoms with Crippen LogP contribution in [0.25, 0.3) is 22.4 Å². The van der Waals surface area contributed by atoms with E-state index in [4.69, 9.17) is 0 Å². The zero-order valence-corrected chi connectivity index (χ0v) is 18.0. The lowest BCUT2D eigenvalue weighted by Gasteiger charge is -2.29. The lowest BCUT2D eigenvalue weighted by Crippen LogP contribution is -2.38. The van der Waals surface area contributed by atoms with Crippen molar-refractivity contribution >= 4 is 20.9 Å². The molecule has 0 aliphatic heterocycles. The second-order valence-electron chi connectivity index (χ2n) is 7.74. The summed E-state index contributed by atoms with van der Waals surface area (Å²) >= 11 is 0. The number of hydrogen-bond donors (Lipinski definition) is 1. The fraction of sp³-hybridized carbons (Fsp3) is 0.381. The van der Waals surface area contributed by atoms with Gasteiger partial charge in [-0.2, -0.15) is 5.26 Å². The van der Waals surface area contributed by atoms with Gasteiger partial charge in [0.1, 0.15) is 30.0 Å². The third-order valence-corrected chi connectivity index (χ3v) is 7.15. The topological polar surface area (TPSA) is 101 Å². The van der Waals surface area contributed by atoms with Gasteiger partial charge in [0, 0.05) is 17.0 Å². The normalized spacial score (nSPS) is 14.7. The van der Waals surface area contributed by atoms with Crippen molar-refractivity contribution in [3.05, 3.63) is 41.7 Å². The molecule has 0 spiro atoms. The maximum atomic E-state index is 13.3. The van der Waals surface area contributed by atoms with Crippen LogP contribution in [0.4, 0.5) is 17.6 Å². The van der Waals surface area contributed by atoms with E-state index in [1.165, 1.54) is 18.2 Å². The largest absolute Gasteiger partial charge is 0.334 e. The van der Waals surface area contributed by atoms with Crippen LogP contribution in [0.1, 0.15) is 42.9 Å². The molecule has 4 rings (SSSR count). The van der Waals surface area contributed by atoms with E-state index in [-0.39, 0.29) is 23.0 Å². The average molecular weight is 481 g/mol. The van der Waals surface area contributed by atoms with E-state index >= 15 is 0 Å². The Bertz CT molecular complexity index is 1310. The highest BCUT2D eigenvalue weighted by atomic mass is 32.2. The van der Waals surface area contributed by atoms with Gasteiger partial charge in [0.05, 0.1) is 29.5 Å². The first-order chi connectivity index (χ1) is 15.8. The Morgan fingerprint density at radius 2 is 1.85 bits per heavy atom. The summed E-state index contributed by atoms with van der Waals surface area (Å²) < 4.78 is 80.5. The number of nitriles is 1. The summed E-state index contributed by atoms with van der Waals surface area (Å²) in [5.74, 6) is 0.0414. The van der Waals surface area contributed by atoms with Crippen LogP contribution in [0.5, 0.6) is 0 Å². The fourth-order valence-electron chi connectivity index (χ4n) is 3.79. The Balaban J connectivity index is 1.83. The molecule has 0 amide bonds. The molecule has 12 heteroatoms. The molecule has 1 saturated carbocycles. The second kappa shape index (κ2) is 9.07. The molecule has 0 radical (unpaired) electrons. The maximum Gasteiger partial charge on any atom is 0.263 e. The van der Waals surface area contributed by atoms with E-state index in [1.807, 2.05) is 4.72 Å². The van der Waals surface area contributed by atoms with E-state index in [2.05, 4.69) is 16.0 Å². The number of nitrogens with one attached hydrogen (secondary N) is 1. The van der Waals surface area contributed by atoms with Crippen LogP contribution in [-0.4, -0.2) is 42.3 Å². The van der Waals surface area contributed by atoms with Crippen LogP contribution in [0.15, 0.2) is 35.5 Å². The number of fused-ring (bicyclic) bond motifs is 1. The lowest BCUT2D eigenvalue weighted by molar-refractivity contribution is 0.151. The molecule has 1 aliphatic rings. The van der Waals surface area contributed by atoms with E-state index in [0.717, 1.165) is 31.7 Å². The molecule has 1 fully saturated rings.